The smallest absolute Gasteiger partial charge is 0.229 e. The lowest BCUT2D eigenvalue weighted by Gasteiger charge is -2.52. The lowest BCUT2D eigenvalue weighted by atomic mass is 9.70. The summed E-state index contributed by atoms with van der Waals surface area (Å²) in [4.78, 5) is 21.9. The maximum atomic E-state index is 13.5. The van der Waals surface area contributed by atoms with Gasteiger partial charge in [0, 0.05) is 51.5 Å². The van der Waals surface area contributed by atoms with Crippen LogP contribution in [0.1, 0.15) is 37.4 Å². The third-order valence-electron chi connectivity index (χ3n) is 7.23. The number of benzene rings is 1. The van der Waals surface area contributed by atoms with Gasteiger partial charge in [0.15, 0.2) is 0 Å². The van der Waals surface area contributed by atoms with E-state index in [1.54, 1.807) is 6.07 Å². The second-order valence-corrected chi connectivity index (χ2v) is 9.32. The third-order valence-corrected chi connectivity index (χ3v) is 7.23. The van der Waals surface area contributed by atoms with E-state index >= 15 is 0 Å². The van der Waals surface area contributed by atoms with Crippen molar-refractivity contribution in [2.24, 2.45) is 5.73 Å². The second-order valence-electron chi connectivity index (χ2n) is 9.32. The molecule has 7 heteroatoms. The Morgan fingerprint density at radius 1 is 1.12 bits per heavy atom. The van der Waals surface area contributed by atoms with Gasteiger partial charge in [0.25, 0.3) is 0 Å². The van der Waals surface area contributed by atoms with Gasteiger partial charge in [-0.2, -0.15) is 0 Å². The fraction of sp³-hybridized carbons (Fsp3) is 0.520. The molecular formula is C25H33FN4O2. The highest BCUT2D eigenvalue weighted by Gasteiger charge is 2.48. The summed E-state index contributed by atoms with van der Waals surface area (Å²) in [6, 6.07) is 13.5. The molecule has 0 aliphatic carbocycles. The number of nitrogens with two attached hydrogens (primary N) is 1. The Morgan fingerprint density at radius 3 is 2.41 bits per heavy atom. The average Bonchev–Trinajstić information content (AvgIpc) is 2.81. The number of nitrogens with zero attached hydrogens (tertiary/aromatic N) is 3. The lowest BCUT2D eigenvalue weighted by Crippen LogP contribution is -2.61. The molecule has 0 spiro atoms. The van der Waals surface area contributed by atoms with E-state index in [0.29, 0.717) is 25.3 Å². The number of rotatable bonds is 7. The van der Waals surface area contributed by atoms with E-state index in [2.05, 4.69) is 39.0 Å². The number of ether oxygens (including phenoxy) is 1. The highest BCUT2D eigenvalue weighted by atomic mass is 19.1. The zero-order chi connectivity index (χ0) is 22.6. The first-order valence-corrected chi connectivity index (χ1v) is 11.4. The number of halogens is 1. The summed E-state index contributed by atoms with van der Waals surface area (Å²) >= 11 is 0. The molecule has 6 nitrogen and oxygen atoms in total. The minimum atomic E-state index is -0.980. The monoisotopic (exact) mass is 440 g/mol. The van der Waals surface area contributed by atoms with Gasteiger partial charge in [0.1, 0.15) is 5.82 Å². The van der Waals surface area contributed by atoms with Crippen LogP contribution in [0.2, 0.25) is 0 Å². The second kappa shape index (κ2) is 9.65. The summed E-state index contributed by atoms with van der Waals surface area (Å²) in [5.74, 6) is -0.846. The van der Waals surface area contributed by atoms with Gasteiger partial charge in [-0.15, -0.1) is 0 Å². The lowest BCUT2D eigenvalue weighted by molar-refractivity contribution is -0.127. The summed E-state index contributed by atoms with van der Waals surface area (Å²) in [7, 11) is 0. The molecule has 2 aliphatic heterocycles. The van der Waals surface area contributed by atoms with Crippen LogP contribution >= 0.6 is 0 Å². The number of pyridine rings is 1. The van der Waals surface area contributed by atoms with Crippen LogP contribution in [0.3, 0.4) is 0 Å². The Kier molecular flexibility index (Phi) is 6.88. The van der Waals surface area contributed by atoms with Gasteiger partial charge < -0.3 is 10.5 Å². The van der Waals surface area contributed by atoms with Crippen LogP contribution < -0.4 is 5.73 Å². The average molecular weight is 441 g/mol. The molecule has 1 atom stereocenters. The zero-order valence-electron chi connectivity index (χ0n) is 18.8. The molecule has 3 heterocycles. The van der Waals surface area contributed by atoms with Crippen LogP contribution in [0, 0.1) is 5.82 Å². The van der Waals surface area contributed by atoms with Gasteiger partial charge in [-0.3, -0.25) is 19.6 Å². The van der Waals surface area contributed by atoms with E-state index in [1.807, 2.05) is 13.0 Å². The molecule has 0 bridgehead atoms. The van der Waals surface area contributed by atoms with Crippen molar-refractivity contribution in [3.05, 3.63) is 65.7 Å². The molecule has 2 N–H and O–H groups in total. The summed E-state index contributed by atoms with van der Waals surface area (Å²) < 4.78 is 19.2. The van der Waals surface area contributed by atoms with Gasteiger partial charge in [0.2, 0.25) is 5.91 Å². The number of carbonyl (C=O) groups is 1. The summed E-state index contributed by atoms with van der Waals surface area (Å²) in [5.41, 5.74) is 6.60. The molecule has 1 aromatic heterocycles. The zero-order valence-corrected chi connectivity index (χ0v) is 18.8. The van der Waals surface area contributed by atoms with E-state index in [1.165, 1.54) is 11.6 Å². The number of carbonyl (C=O) groups excluding carboxylic acids is 1. The van der Waals surface area contributed by atoms with Crippen LogP contribution in [0.4, 0.5) is 4.39 Å². The number of primary amides is 1. The predicted octanol–water partition coefficient (Wildman–Crippen LogP) is 2.72. The molecule has 2 aliphatic rings. The summed E-state index contributed by atoms with van der Waals surface area (Å²) in [6.07, 6.45) is 3.40. The molecule has 2 saturated heterocycles. The topological polar surface area (TPSA) is 71.7 Å². The molecule has 1 amide bonds. The highest BCUT2D eigenvalue weighted by Crippen LogP contribution is 2.41. The van der Waals surface area contributed by atoms with Crippen molar-refractivity contribution < 1.29 is 13.9 Å². The van der Waals surface area contributed by atoms with Crippen LogP contribution in [-0.2, 0) is 21.5 Å². The van der Waals surface area contributed by atoms with Crippen molar-refractivity contribution in [1.29, 1.82) is 0 Å². The fourth-order valence-corrected chi connectivity index (χ4v) is 5.24. The quantitative estimate of drug-likeness (QED) is 0.717. The number of aromatic nitrogens is 1. The van der Waals surface area contributed by atoms with Crippen LogP contribution in [0.25, 0.3) is 0 Å². The minimum absolute atomic E-state index is 0.197. The number of hydrogen-bond acceptors (Lipinski definition) is 5. The van der Waals surface area contributed by atoms with E-state index in [0.717, 1.165) is 51.8 Å². The molecule has 2 fully saturated rings. The Bertz CT molecular complexity index is 894. The highest BCUT2D eigenvalue weighted by molar-refractivity contribution is 5.85. The van der Waals surface area contributed by atoms with Gasteiger partial charge in [0.05, 0.1) is 17.3 Å². The van der Waals surface area contributed by atoms with E-state index < -0.39 is 17.1 Å². The summed E-state index contributed by atoms with van der Waals surface area (Å²) in [5, 5.41) is 0. The molecule has 0 saturated carbocycles. The minimum Gasteiger partial charge on any atom is -0.381 e. The molecule has 4 rings (SSSR count). The maximum absolute atomic E-state index is 13.5. The van der Waals surface area contributed by atoms with Gasteiger partial charge in [-0.05, 0) is 43.9 Å². The molecule has 2 aromatic rings. The number of amides is 1. The normalized spacial score (nSPS) is 21.7. The predicted molar refractivity (Wildman–Crippen MR) is 121 cm³/mol. The van der Waals surface area contributed by atoms with Crippen LogP contribution in [0.5, 0.6) is 0 Å². The van der Waals surface area contributed by atoms with Crippen LogP contribution in [-0.4, -0.2) is 65.6 Å². The molecule has 172 valence electrons. The molecule has 32 heavy (non-hydrogen) atoms. The first-order valence-electron chi connectivity index (χ1n) is 11.4. The number of hydrogen-bond donors (Lipinski definition) is 1. The van der Waals surface area contributed by atoms with Crippen LogP contribution in [0.15, 0.2) is 48.7 Å². The van der Waals surface area contributed by atoms with Gasteiger partial charge >= 0.3 is 0 Å². The standard InChI is InChI=1S/C25H33FN4O2/c1-24(23(27)31,22-8-7-21(26)17-28-22)19-25(9-15-32-16-10-25)30-13-11-29(12-14-30)18-20-5-3-2-4-6-20/h2-8,17H,9-16,18-19H2,1H3,(H2,27,31). The maximum Gasteiger partial charge on any atom is 0.229 e. The molecular weight excluding hydrogens is 407 g/mol. The largest absolute Gasteiger partial charge is 0.381 e. The Morgan fingerprint density at radius 2 is 1.81 bits per heavy atom. The van der Waals surface area contributed by atoms with Crippen molar-refractivity contribution >= 4 is 5.91 Å². The first kappa shape index (κ1) is 22.8. The van der Waals surface area contributed by atoms with Crippen molar-refractivity contribution in [2.75, 3.05) is 39.4 Å². The first-order chi connectivity index (χ1) is 15.4. The number of piperazine rings is 1. The third kappa shape index (κ3) is 4.85. The Balaban J connectivity index is 1.52. The Hall–Kier alpha value is -2.35. The molecule has 1 unspecified atom stereocenters. The van der Waals surface area contributed by atoms with Crippen molar-refractivity contribution in [3.8, 4) is 0 Å². The summed E-state index contributed by atoms with van der Waals surface area (Å²) in [6.45, 7) is 7.92. The van der Waals surface area contributed by atoms with Crippen molar-refractivity contribution in [1.82, 2.24) is 14.8 Å². The van der Waals surface area contributed by atoms with Gasteiger partial charge in [-0.1, -0.05) is 30.3 Å². The van der Waals surface area contributed by atoms with E-state index in [-0.39, 0.29) is 5.54 Å². The fourth-order valence-electron chi connectivity index (χ4n) is 5.24. The van der Waals surface area contributed by atoms with Crippen molar-refractivity contribution in [3.63, 3.8) is 0 Å². The van der Waals surface area contributed by atoms with Gasteiger partial charge in [-0.25, -0.2) is 4.39 Å². The Labute approximate surface area is 189 Å². The van der Waals surface area contributed by atoms with E-state index in [4.69, 9.17) is 10.5 Å². The molecule has 1 aromatic carbocycles. The molecule has 0 radical (unpaired) electrons. The van der Waals surface area contributed by atoms with Crippen molar-refractivity contribution in [2.45, 2.75) is 43.7 Å². The SMILES string of the molecule is CC(CC1(N2CCN(Cc3ccccc3)CC2)CCOCC1)(C(N)=O)c1ccc(F)cn1. The van der Waals surface area contributed by atoms with E-state index in [9.17, 15) is 9.18 Å².